The molecule has 0 atom stereocenters. The lowest BCUT2D eigenvalue weighted by molar-refractivity contribution is -0.142. The zero-order valence-corrected chi connectivity index (χ0v) is 16.0. The molecule has 1 heterocycles. The summed E-state index contributed by atoms with van der Waals surface area (Å²) in [6.45, 7) is 5.37. The van der Waals surface area contributed by atoms with Crippen molar-refractivity contribution < 1.29 is 22.7 Å². The monoisotopic (exact) mass is 382 g/mol. The molecular formula is C18H26N2O5S. The molecule has 144 valence electrons. The maximum atomic E-state index is 12.7. The maximum Gasteiger partial charge on any atom is 0.307 e. The average molecular weight is 382 g/mol. The third kappa shape index (κ3) is 5.28. The molecule has 0 bridgehead atoms. The first-order valence-corrected chi connectivity index (χ1v) is 10.3. The van der Waals surface area contributed by atoms with E-state index in [0.29, 0.717) is 31.2 Å². The second-order valence-electron chi connectivity index (χ2n) is 6.42. The number of amides is 1. The summed E-state index contributed by atoms with van der Waals surface area (Å²) in [6.07, 6.45) is 1.82. The number of hydrogen-bond donors (Lipinski definition) is 1. The number of esters is 1. The fraction of sp³-hybridized carbons (Fsp3) is 0.556. The fourth-order valence-corrected chi connectivity index (χ4v) is 4.24. The van der Waals surface area contributed by atoms with Gasteiger partial charge in [0.05, 0.1) is 17.9 Å². The van der Waals surface area contributed by atoms with Gasteiger partial charge >= 0.3 is 5.97 Å². The third-order valence-corrected chi connectivity index (χ3v) is 6.33. The van der Waals surface area contributed by atoms with Crippen LogP contribution in [0.3, 0.4) is 0 Å². The molecule has 0 unspecified atom stereocenters. The van der Waals surface area contributed by atoms with Crippen molar-refractivity contribution in [3.63, 3.8) is 0 Å². The molecule has 2 rings (SSSR count). The van der Waals surface area contributed by atoms with Gasteiger partial charge in [0.1, 0.15) is 0 Å². The van der Waals surface area contributed by atoms with Gasteiger partial charge < -0.3 is 10.1 Å². The molecule has 1 aliphatic rings. The van der Waals surface area contributed by atoms with E-state index in [1.54, 1.807) is 6.92 Å². The molecule has 1 aliphatic heterocycles. The molecule has 26 heavy (non-hydrogen) atoms. The van der Waals surface area contributed by atoms with E-state index >= 15 is 0 Å². The van der Waals surface area contributed by atoms with Crippen LogP contribution in [-0.4, -0.2) is 50.8 Å². The molecule has 1 saturated heterocycles. The zero-order chi connectivity index (χ0) is 19.2. The highest BCUT2D eigenvalue weighted by atomic mass is 32.2. The van der Waals surface area contributed by atoms with Crippen molar-refractivity contribution >= 4 is 21.9 Å². The van der Waals surface area contributed by atoms with E-state index in [0.717, 1.165) is 12.8 Å². The Kier molecular flexibility index (Phi) is 7.16. The predicted octanol–water partition coefficient (Wildman–Crippen LogP) is 1.79. The molecule has 1 aromatic rings. The Bertz CT molecular complexity index is 722. The highest BCUT2D eigenvalue weighted by Crippen LogP contribution is 2.23. The largest absolute Gasteiger partial charge is 0.466 e. The minimum absolute atomic E-state index is 0.0967. The van der Waals surface area contributed by atoms with Crippen molar-refractivity contribution in [3.8, 4) is 0 Å². The van der Waals surface area contributed by atoms with Crippen LogP contribution >= 0.6 is 0 Å². The fourth-order valence-electron chi connectivity index (χ4n) is 2.77. The summed E-state index contributed by atoms with van der Waals surface area (Å²) in [5, 5.41) is 2.62. The van der Waals surface area contributed by atoms with Crippen molar-refractivity contribution in [1.29, 1.82) is 0 Å². The topological polar surface area (TPSA) is 92.8 Å². The summed E-state index contributed by atoms with van der Waals surface area (Å²) in [5.41, 5.74) is 0.347. The molecule has 0 aliphatic carbocycles. The third-order valence-electron chi connectivity index (χ3n) is 4.42. The molecule has 0 saturated carbocycles. The summed E-state index contributed by atoms with van der Waals surface area (Å²) in [5.74, 6) is -0.183. The van der Waals surface area contributed by atoms with Crippen LogP contribution in [0.4, 0.5) is 0 Å². The van der Waals surface area contributed by atoms with Crippen molar-refractivity contribution in [2.24, 2.45) is 5.92 Å². The summed E-state index contributed by atoms with van der Waals surface area (Å²) in [6, 6.07) is 5.87. The number of rotatable bonds is 7. The Labute approximate surface area is 154 Å². The van der Waals surface area contributed by atoms with Crippen molar-refractivity contribution in [2.45, 2.75) is 38.0 Å². The number of nitrogens with one attached hydrogen (secondary N) is 1. The molecule has 1 aromatic carbocycles. The standard InChI is InChI=1S/C18H26N2O5S/c1-3-25-17(21)8-11-19-18(22)15-4-6-16(7-5-15)26(23,24)20-12-9-14(2)10-13-20/h4-7,14H,3,8-13H2,1-2H3,(H,19,22). The number of carbonyl (C=O) groups excluding carboxylic acids is 2. The van der Waals surface area contributed by atoms with E-state index < -0.39 is 10.0 Å². The van der Waals surface area contributed by atoms with Crippen LogP contribution in [0.5, 0.6) is 0 Å². The van der Waals surface area contributed by atoms with Crippen LogP contribution < -0.4 is 5.32 Å². The van der Waals surface area contributed by atoms with Crippen LogP contribution in [-0.2, 0) is 19.6 Å². The second kappa shape index (κ2) is 9.14. The molecule has 7 nitrogen and oxygen atoms in total. The highest BCUT2D eigenvalue weighted by Gasteiger charge is 2.28. The number of piperidine rings is 1. The first-order chi connectivity index (χ1) is 12.3. The minimum Gasteiger partial charge on any atom is -0.466 e. The predicted molar refractivity (Wildman–Crippen MR) is 97.2 cm³/mol. The molecule has 1 N–H and O–H groups in total. The van der Waals surface area contributed by atoms with Gasteiger partial charge in [-0.2, -0.15) is 4.31 Å². The van der Waals surface area contributed by atoms with Crippen molar-refractivity contribution in [1.82, 2.24) is 9.62 Å². The highest BCUT2D eigenvalue weighted by molar-refractivity contribution is 7.89. The van der Waals surface area contributed by atoms with Gasteiger partial charge in [-0.05, 0) is 49.9 Å². The van der Waals surface area contributed by atoms with Gasteiger partial charge in [-0.25, -0.2) is 8.42 Å². The minimum atomic E-state index is -3.52. The quantitative estimate of drug-likeness (QED) is 0.726. The summed E-state index contributed by atoms with van der Waals surface area (Å²) >= 11 is 0. The lowest BCUT2D eigenvalue weighted by Crippen LogP contribution is -2.37. The van der Waals surface area contributed by atoms with Crippen molar-refractivity contribution in [2.75, 3.05) is 26.2 Å². The number of ether oxygens (including phenoxy) is 1. The van der Waals surface area contributed by atoms with Crippen LogP contribution in [0.15, 0.2) is 29.2 Å². The number of nitrogens with zero attached hydrogens (tertiary/aromatic N) is 1. The number of sulfonamides is 1. The summed E-state index contributed by atoms with van der Waals surface area (Å²) < 4.78 is 31.6. The second-order valence-corrected chi connectivity index (χ2v) is 8.36. The van der Waals surface area contributed by atoms with Gasteiger partial charge in [-0.15, -0.1) is 0 Å². The van der Waals surface area contributed by atoms with Gasteiger partial charge in [-0.3, -0.25) is 9.59 Å². The zero-order valence-electron chi connectivity index (χ0n) is 15.2. The maximum absolute atomic E-state index is 12.7. The molecule has 0 spiro atoms. The van der Waals surface area contributed by atoms with E-state index in [1.807, 2.05) is 0 Å². The molecule has 1 fully saturated rings. The van der Waals surface area contributed by atoms with Gasteiger partial charge in [0, 0.05) is 25.2 Å². The molecule has 1 amide bonds. The first kappa shape index (κ1) is 20.4. The Morgan fingerprint density at radius 1 is 1.19 bits per heavy atom. The molecule has 0 radical (unpaired) electrons. The van der Waals surface area contributed by atoms with Gasteiger partial charge in [0.25, 0.3) is 5.91 Å². The Morgan fingerprint density at radius 2 is 1.81 bits per heavy atom. The lowest BCUT2D eigenvalue weighted by atomic mass is 10.0. The normalized spacial score (nSPS) is 16.2. The average Bonchev–Trinajstić information content (AvgIpc) is 2.62. The molecule has 8 heteroatoms. The Hall–Kier alpha value is -1.93. The number of carbonyl (C=O) groups is 2. The summed E-state index contributed by atoms with van der Waals surface area (Å²) in [7, 11) is -3.52. The Balaban J connectivity index is 1.94. The smallest absolute Gasteiger partial charge is 0.307 e. The van der Waals surface area contributed by atoms with Crippen LogP contribution in [0.2, 0.25) is 0 Å². The van der Waals surface area contributed by atoms with Crippen LogP contribution in [0.25, 0.3) is 0 Å². The van der Waals surface area contributed by atoms with Gasteiger partial charge in [0.2, 0.25) is 10.0 Å². The van der Waals surface area contributed by atoms with E-state index in [2.05, 4.69) is 12.2 Å². The van der Waals surface area contributed by atoms with E-state index in [1.165, 1.54) is 28.6 Å². The van der Waals surface area contributed by atoms with Crippen LogP contribution in [0.1, 0.15) is 43.5 Å². The first-order valence-electron chi connectivity index (χ1n) is 8.88. The van der Waals surface area contributed by atoms with Gasteiger partial charge in [0.15, 0.2) is 0 Å². The van der Waals surface area contributed by atoms with E-state index in [4.69, 9.17) is 4.74 Å². The molecular weight excluding hydrogens is 356 g/mol. The van der Waals surface area contributed by atoms with Gasteiger partial charge in [-0.1, -0.05) is 6.92 Å². The SMILES string of the molecule is CCOC(=O)CCNC(=O)c1ccc(S(=O)(=O)N2CCC(C)CC2)cc1. The Morgan fingerprint density at radius 3 is 2.38 bits per heavy atom. The molecule has 0 aromatic heterocycles. The number of benzene rings is 1. The van der Waals surface area contributed by atoms with Crippen LogP contribution in [0, 0.1) is 5.92 Å². The van der Waals surface area contributed by atoms with E-state index in [9.17, 15) is 18.0 Å². The van der Waals surface area contributed by atoms with E-state index in [-0.39, 0.29) is 29.7 Å². The van der Waals surface area contributed by atoms with Crippen molar-refractivity contribution in [3.05, 3.63) is 29.8 Å². The lowest BCUT2D eigenvalue weighted by Gasteiger charge is -2.29. The number of hydrogen-bond acceptors (Lipinski definition) is 5. The summed E-state index contributed by atoms with van der Waals surface area (Å²) in [4.78, 5) is 23.5.